The van der Waals surface area contributed by atoms with Crippen molar-refractivity contribution in [3.8, 4) is 0 Å². The molecule has 0 saturated carbocycles. The molecule has 0 unspecified atom stereocenters. The molecule has 0 aliphatic carbocycles. The van der Waals surface area contributed by atoms with Crippen LogP contribution in [0.4, 0.5) is 0 Å². The first-order valence-corrected chi connectivity index (χ1v) is 7.27. The summed E-state index contributed by atoms with van der Waals surface area (Å²) in [7, 11) is 2.82. The van der Waals surface area contributed by atoms with Crippen molar-refractivity contribution in [2.75, 3.05) is 6.54 Å². The quantitative estimate of drug-likeness (QED) is 0.728. The van der Waals surface area contributed by atoms with Crippen LogP contribution in [0.3, 0.4) is 0 Å². The number of rotatable bonds is 5. The fourth-order valence-corrected chi connectivity index (χ4v) is 2.46. The third-order valence-corrected chi connectivity index (χ3v) is 3.77. The second-order valence-electron chi connectivity index (χ2n) is 5.76. The molecule has 1 N–H and O–H groups in total. The minimum atomic E-state index is -1.12. The van der Waals surface area contributed by atoms with Crippen LogP contribution in [0.2, 0.25) is 0 Å². The number of carbonyl (C=O) groups excluding carboxylic acids is 1. The Hall–Kier alpha value is -2.91. The zero-order valence-corrected chi connectivity index (χ0v) is 13.9. The predicted molar refractivity (Wildman–Crippen MR) is 84.7 cm³/mol. The van der Waals surface area contributed by atoms with Gasteiger partial charge in [-0.15, -0.1) is 0 Å². The van der Waals surface area contributed by atoms with Gasteiger partial charge in [-0.1, -0.05) is 0 Å². The first-order chi connectivity index (χ1) is 11.1. The predicted octanol–water partition coefficient (Wildman–Crippen LogP) is -1.24. The molecule has 0 aromatic carbocycles. The summed E-state index contributed by atoms with van der Waals surface area (Å²) in [6.07, 6.45) is 1.29. The van der Waals surface area contributed by atoms with Crippen LogP contribution in [0.15, 0.2) is 15.9 Å². The van der Waals surface area contributed by atoms with E-state index in [4.69, 9.17) is 5.11 Å². The van der Waals surface area contributed by atoms with Gasteiger partial charge < -0.3 is 14.6 Å². The number of aryl methyl sites for hydroxylation is 1. The minimum Gasteiger partial charge on any atom is -0.480 e. The number of amides is 1. The average Bonchev–Trinajstić information content (AvgIpc) is 2.91. The fourth-order valence-electron chi connectivity index (χ4n) is 2.46. The molecule has 10 heteroatoms. The SMILES string of the molecule is CC(C)N(CC(=O)O)C(=O)Cn1cnc2c1c(=O)n(C)c(=O)n2C. The summed E-state index contributed by atoms with van der Waals surface area (Å²) >= 11 is 0. The molecule has 0 spiro atoms. The van der Waals surface area contributed by atoms with Crippen molar-refractivity contribution < 1.29 is 14.7 Å². The van der Waals surface area contributed by atoms with E-state index in [0.717, 1.165) is 4.57 Å². The standard InChI is InChI=1S/C14H19N5O5/c1-8(2)19(6-10(21)22)9(20)5-18-7-15-12-11(18)13(23)17(4)14(24)16(12)3/h7-8H,5-6H2,1-4H3,(H,21,22). The molecule has 2 aromatic rings. The Morgan fingerprint density at radius 3 is 2.42 bits per heavy atom. The molecule has 0 bridgehead atoms. The number of nitrogens with zero attached hydrogens (tertiary/aromatic N) is 5. The van der Waals surface area contributed by atoms with Crippen LogP contribution in [0.1, 0.15) is 13.8 Å². The van der Waals surface area contributed by atoms with E-state index in [9.17, 15) is 19.2 Å². The molecule has 0 atom stereocenters. The molecule has 2 heterocycles. The third kappa shape index (κ3) is 2.94. The van der Waals surface area contributed by atoms with Gasteiger partial charge in [0.05, 0.1) is 6.33 Å². The maximum atomic E-state index is 12.4. The van der Waals surface area contributed by atoms with E-state index in [1.807, 2.05) is 0 Å². The highest BCUT2D eigenvalue weighted by molar-refractivity contribution is 5.83. The van der Waals surface area contributed by atoms with Crippen LogP contribution < -0.4 is 11.2 Å². The maximum Gasteiger partial charge on any atom is 0.332 e. The number of carbonyl (C=O) groups is 2. The number of carboxylic acids is 1. The lowest BCUT2D eigenvalue weighted by molar-refractivity contribution is -0.146. The largest absolute Gasteiger partial charge is 0.480 e. The first kappa shape index (κ1) is 17.4. The van der Waals surface area contributed by atoms with Gasteiger partial charge in [-0.05, 0) is 13.8 Å². The van der Waals surface area contributed by atoms with Crippen LogP contribution in [0.5, 0.6) is 0 Å². The molecule has 130 valence electrons. The molecule has 24 heavy (non-hydrogen) atoms. The molecule has 0 radical (unpaired) electrons. The van der Waals surface area contributed by atoms with Gasteiger partial charge in [-0.3, -0.25) is 23.5 Å². The monoisotopic (exact) mass is 337 g/mol. The third-order valence-electron chi connectivity index (χ3n) is 3.77. The van der Waals surface area contributed by atoms with Crippen molar-refractivity contribution in [1.82, 2.24) is 23.6 Å². The fraction of sp³-hybridized carbons (Fsp3) is 0.500. The molecule has 2 rings (SSSR count). The van der Waals surface area contributed by atoms with Gasteiger partial charge in [0.15, 0.2) is 11.2 Å². The molecule has 0 aliphatic heterocycles. The van der Waals surface area contributed by atoms with E-state index in [2.05, 4.69) is 4.98 Å². The number of fused-ring (bicyclic) bond motifs is 1. The van der Waals surface area contributed by atoms with Crippen molar-refractivity contribution in [2.24, 2.45) is 14.1 Å². The van der Waals surface area contributed by atoms with Gasteiger partial charge in [0.25, 0.3) is 5.56 Å². The number of aromatic nitrogens is 4. The van der Waals surface area contributed by atoms with Crippen molar-refractivity contribution in [3.63, 3.8) is 0 Å². The Balaban J connectivity index is 2.47. The molecule has 2 aromatic heterocycles. The lowest BCUT2D eigenvalue weighted by atomic mass is 10.3. The van der Waals surface area contributed by atoms with Crippen molar-refractivity contribution in [1.29, 1.82) is 0 Å². The van der Waals surface area contributed by atoms with Gasteiger partial charge in [0, 0.05) is 20.1 Å². The van der Waals surface area contributed by atoms with E-state index in [-0.39, 0.29) is 23.8 Å². The Morgan fingerprint density at radius 2 is 1.88 bits per heavy atom. The summed E-state index contributed by atoms with van der Waals surface area (Å²) < 4.78 is 3.48. The number of aliphatic carboxylic acids is 1. The van der Waals surface area contributed by atoms with Crippen molar-refractivity contribution in [3.05, 3.63) is 27.2 Å². The molecule has 10 nitrogen and oxygen atoms in total. The minimum absolute atomic E-state index is 0.118. The molecule has 1 amide bonds. The molecule has 0 aliphatic rings. The van der Waals surface area contributed by atoms with Crippen LogP contribution in [0.25, 0.3) is 11.2 Å². The average molecular weight is 337 g/mol. The summed E-state index contributed by atoms with van der Waals surface area (Å²) in [4.78, 5) is 52.8. The number of imidazole rings is 1. The zero-order chi connectivity index (χ0) is 18.2. The van der Waals surface area contributed by atoms with Crippen LogP contribution in [-0.4, -0.2) is 53.2 Å². The summed E-state index contributed by atoms with van der Waals surface area (Å²) in [6.45, 7) is 2.74. The smallest absolute Gasteiger partial charge is 0.332 e. The first-order valence-electron chi connectivity index (χ1n) is 7.27. The van der Waals surface area contributed by atoms with E-state index in [0.29, 0.717) is 0 Å². The highest BCUT2D eigenvalue weighted by atomic mass is 16.4. The Kier molecular flexibility index (Phi) is 4.58. The van der Waals surface area contributed by atoms with Crippen LogP contribution in [-0.2, 0) is 30.2 Å². The van der Waals surface area contributed by atoms with E-state index < -0.39 is 29.7 Å². The van der Waals surface area contributed by atoms with Crippen molar-refractivity contribution in [2.45, 2.75) is 26.4 Å². The van der Waals surface area contributed by atoms with Gasteiger partial charge >= 0.3 is 11.7 Å². The van der Waals surface area contributed by atoms with Gasteiger partial charge in [-0.25, -0.2) is 9.78 Å². The van der Waals surface area contributed by atoms with Gasteiger partial charge in [0.2, 0.25) is 5.91 Å². The molecular weight excluding hydrogens is 318 g/mol. The lowest BCUT2D eigenvalue weighted by Gasteiger charge is -2.25. The zero-order valence-electron chi connectivity index (χ0n) is 13.9. The van der Waals surface area contributed by atoms with E-state index >= 15 is 0 Å². The summed E-state index contributed by atoms with van der Waals surface area (Å²) in [5, 5.41) is 8.92. The molecule has 0 fully saturated rings. The van der Waals surface area contributed by atoms with Gasteiger partial charge in [-0.2, -0.15) is 0 Å². The van der Waals surface area contributed by atoms with Gasteiger partial charge in [0.1, 0.15) is 13.1 Å². The Morgan fingerprint density at radius 1 is 1.25 bits per heavy atom. The van der Waals surface area contributed by atoms with E-state index in [1.165, 1.54) is 34.5 Å². The Labute approximate surface area is 136 Å². The molecular formula is C14H19N5O5. The Bertz CT molecular complexity index is 920. The molecule has 0 saturated heterocycles. The van der Waals surface area contributed by atoms with Crippen molar-refractivity contribution >= 4 is 23.0 Å². The van der Waals surface area contributed by atoms with Crippen LogP contribution in [0, 0.1) is 0 Å². The number of hydrogen-bond donors (Lipinski definition) is 1. The highest BCUT2D eigenvalue weighted by Gasteiger charge is 2.22. The summed E-state index contributed by atoms with van der Waals surface area (Å²) in [5.41, 5.74) is -0.788. The second kappa shape index (κ2) is 6.30. The normalized spacial score (nSPS) is 11.2. The second-order valence-corrected chi connectivity index (χ2v) is 5.76. The summed E-state index contributed by atoms with van der Waals surface area (Å²) in [5.74, 6) is -1.58. The number of hydrogen-bond acceptors (Lipinski definition) is 5. The van der Waals surface area contributed by atoms with E-state index in [1.54, 1.807) is 13.8 Å². The number of carboxylic acid groups (broad SMARTS) is 1. The lowest BCUT2D eigenvalue weighted by Crippen LogP contribution is -2.43. The highest BCUT2D eigenvalue weighted by Crippen LogP contribution is 2.08. The summed E-state index contributed by atoms with van der Waals surface area (Å²) in [6, 6.07) is -0.310. The van der Waals surface area contributed by atoms with Crippen LogP contribution >= 0.6 is 0 Å². The topological polar surface area (TPSA) is 119 Å². The maximum absolute atomic E-state index is 12.4.